The van der Waals surface area contributed by atoms with E-state index in [4.69, 9.17) is 5.73 Å². The van der Waals surface area contributed by atoms with Gasteiger partial charge in [0.05, 0.1) is 12.3 Å². The summed E-state index contributed by atoms with van der Waals surface area (Å²) in [5, 5.41) is 13.8. The number of aliphatic hydroxyl groups is 1. The molecule has 74 valence electrons. The van der Waals surface area contributed by atoms with Crippen LogP contribution in [0.4, 0.5) is 0 Å². The van der Waals surface area contributed by atoms with E-state index in [1.165, 1.54) is 0 Å². The van der Waals surface area contributed by atoms with Crippen LogP contribution in [0.5, 0.6) is 0 Å². The normalized spacial score (nSPS) is 13.2. The first-order valence-electron chi connectivity index (χ1n) is 4.53. The number of hydrogen-bond acceptors (Lipinski definition) is 3. The van der Waals surface area contributed by atoms with E-state index in [0.717, 1.165) is 17.7 Å². The molecule has 0 saturated heterocycles. The van der Waals surface area contributed by atoms with Gasteiger partial charge >= 0.3 is 0 Å². The Kier molecular flexibility index (Phi) is 3.45. The number of nitrogens with zero attached hydrogens (tertiary/aromatic N) is 2. The number of aryl methyl sites for hydroxylation is 1. The molecular formula is C9H17N3O. The van der Waals surface area contributed by atoms with Crippen LogP contribution in [-0.4, -0.2) is 21.4 Å². The molecular weight excluding hydrogens is 166 g/mol. The molecule has 1 aromatic rings. The SMILES string of the molecule is Cc1c(C(O)CCCN)cnn1C. The van der Waals surface area contributed by atoms with E-state index in [0.29, 0.717) is 13.0 Å². The van der Waals surface area contributed by atoms with Gasteiger partial charge in [0.2, 0.25) is 0 Å². The Labute approximate surface area is 78.4 Å². The largest absolute Gasteiger partial charge is 0.388 e. The average molecular weight is 183 g/mol. The number of aliphatic hydroxyl groups excluding tert-OH is 1. The Morgan fingerprint density at radius 1 is 1.69 bits per heavy atom. The van der Waals surface area contributed by atoms with Crippen LogP contribution in [0.1, 0.15) is 30.2 Å². The summed E-state index contributed by atoms with van der Waals surface area (Å²) in [5.41, 5.74) is 7.30. The van der Waals surface area contributed by atoms with Gasteiger partial charge in [-0.2, -0.15) is 5.10 Å². The van der Waals surface area contributed by atoms with Gasteiger partial charge in [-0.1, -0.05) is 0 Å². The third kappa shape index (κ3) is 2.29. The molecule has 0 spiro atoms. The van der Waals surface area contributed by atoms with E-state index in [1.807, 2.05) is 14.0 Å². The van der Waals surface area contributed by atoms with E-state index in [2.05, 4.69) is 5.10 Å². The van der Waals surface area contributed by atoms with E-state index >= 15 is 0 Å². The van der Waals surface area contributed by atoms with Crippen LogP contribution in [0, 0.1) is 6.92 Å². The average Bonchev–Trinajstić information content (AvgIpc) is 2.44. The van der Waals surface area contributed by atoms with Crippen LogP contribution in [0.15, 0.2) is 6.20 Å². The smallest absolute Gasteiger partial charge is 0.0823 e. The zero-order valence-corrected chi connectivity index (χ0v) is 8.20. The van der Waals surface area contributed by atoms with Gasteiger partial charge in [-0.15, -0.1) is 0 Å². The molecule has 1 rings (SSSR count). The van der Waals surface area contributed by atoms with Crippen molar-refractivity contribution in [1.82, 2.24) is 9.78 Å². The molecule has 0 amide bonds. The van der Waals surface area contributed by atoms with Gasteiger partial charge in [-0.25, -0.2) is 0 Å². The van der Waals surface area contributed by atoms with Crippen molar-refractivity contribution in [2.24, 2.45) is 12.8 Å². The van der Waals surface area contributed by atoms with Crippen molar-refractivity contribution in [2.45, 2.75) is 25.9 Å². The molecule has 4 heteroatoms. The van der Waals surface area contributed by atoms with Gasteiger partial charge in [0.15, 0.2) is 0 Å². The van der Waals surface area contributed by atoms with E-state index in [1.54, 1.807) is 10.9 Å². The third-order valence-corrected chi connectivity index (χ3v) is 2.31. The van der Waals surface area contributed by atoms with Gasteiger partial charge in [-0.05, 0) is 26.3 Å². The predicted octanol–water partition coefficient (Wildman–Crippen LogP) is 0.501. The molecule has 1 atom stereocenters. The standard InChI is InChI=1S/C9H17N3O/c1-7-8(6-11-12(7)2)9(13)4-3-5-10/h6,9,13H,3-5,10H2,1-2H3. The van der Waals surface area contributed by atoms with Crippen molar-refractivity contribution in [3.63, 3.8) is 0 Å². The molecule has 0 aliphatic rings. The van der Waals surface area contributed by atoms with Gasteiger partial charge in [0.25, 0.3) is 0 Å². The van der Waals surface area contributed by atoms with Crippen LogP contribution in [0.25, 0.3) is 0 Å². The molecule has 13 heavy (non-hydrogen) atoms. The lowest BCUT2D eigenvalue weighted by Gasteiger charge is -2.08. The number of rotatable bonds is 4. The van der Waals surface area contributed by atoms with Crippen molar-refractivity contribution in [2.75, 3.05) is 6.54 Å². The lowest BCUT2D eigenvalue weighted by atomic mass is 10.1. The summed E-state index contributed by atoms with van der Waals surface area (Å²) in [4.78, 5) is 0. The summed E-state index contributed by atoms with van der Waals surface area (Å²) in [6.07, 6.45) is 2.85. The molecule has 1 aromatic heterocycles. The molecule has 0 bridgehead atoms. The number of nitrogens with two attached hydrogens (primary N) is 1. The Morgan fingerprint density at radius 3 is 2.85 bits per heavy atom. The summed E-state index contributed by atoms with van der Waals surface area (Å²) in [7, 11) is 1.87. The van der Waals surface area contributed by atoms with Crippen molar-refractivity contribution < 1.29 is 5.11 Å². The quantitative estimate of drug-likeness (QED) is 0.714. The van der Waals surface area contributed by atoms with Crippen molar-refractivity contribution in [1.29, 1.82) is 0 Å². The van der Waals surface area contributed by atoms with E-state index in [-0.39, 0.29) is 0 Å². The summed E-state index contributed by atoms with van der Waals surface area (Å²) in [6, 6.07) is 0. The molecule has 3 N–H and O–H groups in total. The molecule has 0 aromatic carbocycles. The monoisotopic (exact) mass is 183 g/mol. The van der Waals surface area contributed by atoms with Gasteiger partial charge < -0.3 is 10.8 Å². The minimum Gasteiger partial charge on any atom is -0.388 e. The Morgan fingerprint density at radius 2 is 2.38 bits per heavy atom. The molecule has 0 saturated carbocycles. The first kappa shape index (κ1) is 10.2. The first-order valence-corrected chi connectivity index (χ1v) is 4.53. The summed E-state index contributed by atoms with van der Waals surface area (Å²) in [5.74, 6) is 0. The maximum Gasteiger partial charge on any atom is 0.0823 e. The summed E-state index contributed by atoms with van der Waals surface area (Å²) in [6.45, 7) is 2.57. The molecule has 0 aliphatic heterocycles. The van der Waals surface area contributed by atoms with Crippen molar-refractivity contribution >= 4 is 0 Å². The fourth-order valence-corrected chi connectivity index (χ4v) is 1.31. The molecule has 1 heterocycles. The van der Waals surface area contributed by atoms with Gasteiger partial charge in [0, 0.05) is 18.3 Å². The second-order valence-corrected chi connectivity index (χ2v) is 3.26. The highest BCUT2D eigenvalue weighted by molar-refractivity contribution is 5.18. The van der Waals surface area contributed by atoms with Gasteiger partial charge in [0.1, 0.15) is 0 Å². The highest BCUT2D eigenvalue weighted by Gasteiger charge is 2.12. The molecule has 0 fully saturated rings. The fraction of sp³-hybridized carbons (Fsp3) is 0.667. The minimum absolute atomic E-state index is 0.419. The van der Waals surface area contributed by atoms with Crippen LogP contribution in [0.2, 0.25) is 0 Å². The van der Waals surface area contributed by atoms with Gasteiger partial charge in [-0.3, -0.25) is 4.68 Å². The Balaban J connectivity index is 2.65. The van der Waals surface area contributed by atoms with E-state index < -0.39 is 6.10 Å². The zero-order chi connectivity index (χ0) is 9.84. The first-order chi connectivity index (χ1) is 6.16. The summed E-state index contributed by atoms with van der Waals surface area (Å²) >= 11 is 0. The highest BCUT2D eigenvalue weighted by atomic mass is 16.3. The van der Waals surface area contributed by atoms with Crippen LogP contribution in [-0.2, 0) is 7.05 Å². The molecule has 1 unspecified atom stereocenters. The third-order valence-electron chi connectivity index (χ3n) is 2.31. The number of hydrogen-bond donors (Lipinski definition) is 2. The fourth-order valence-electron chi connectivity index (χ4n) is 1.31. The maximum absolute atomic E-state index is 9.74. The highest BCUT2D eigenvalue weighted by Crippen LogP contribution is 2.20. The Bertz CT molecular complexity index is 270. The van der Waals surface area contributed by atoms with Crippen LogP contribution < -0.4 is 5.73 Å². The predicted molar refractivity (Wildman–Crippen MR) is 51.2 cm³/mol. The second-order valence-electron chi connectivity index (χ2n) is 3.26. The van der Waals surface area contributed by atoms with Crippen molar-refractivity contribution in [3.8, 4) is 0 Å². The molecule has 0 aliphatic carbocycles. The van der Waals surface area contributed by atoms with Crippen LogP contribution >= 0.6 is 0 Å². The summed E-state index contributed by atoms with van der Waals surface area (Å²) < 4.78 is 1.76. The topological polar surface area (TPSA) is 64.1 Å². The van der Waals surface area contributed by atoms with Crippen LogP contribution in [0.3, 0.4) is 0 Å². The Hall–Kier alpha value is -0.870. The minimum atomic E-state index is -0.419. The lowest BCUT2D eigenvalue weighted by molar-refractivity contribution is 0.164. The molecule has 0 radical (unpaired) electrons. The van der Waals surface area contributed by atoms with E-state index in [9.17, 15) is 5.11 Å². The second kappa shape index (κ2) is 4.39. The zero-order valence-electron chi connectivity index (χ0n) is 8.20. The van der Waals surface area contributed by atoms with Crippen molar-refractivity contribution in [3.05, 3.63) is 17.5 Å². The lowest BCUT2D eigenvalue weighted by Crippen LogP contribution is -2.04. The maximum atomic E-state index is 9.74. The number of aromatic nitrogens is 2. The molecule has 4 nitrogen and oxygen atoms in total.